The summed E-state index contributed by atoms with van der Waals surface area (Å²) in [6, 6.07) is 8.44. The Kier molecular flexibility index (Phi) is 5.44. The first-order valence-electron chi connectivity index (χ1n) is 9.55. The lowest BCUT2D eigenvalue weighted by molar-refractivity contribution is -0.118. The van der Waals surface area contributed by atoms with Crippen LogP contribution in [0.5, 0.6) is 0 Å². The van der Waals surface area contributed by atoms with Crippen LogP contribution in [0.4, 0.5) is 0 Å². The van der Waals surface area contributed by atoms with Gasteiger partial charge in [0.05, 0.1) is 5.39 Å². The zero-order chi connectivity index (χ0) is 20.6. The first-order valence-corrected chi connectivity index (χ1v) is 10.4. The molecule has 3 rings (SSSR count). The number of nitrogens with two attached hydrogens (primary N) is 1. The van der Waals surface area contributed by atoms with Crippen molar-refractivity contribution in [1.82, 2.24) is 9.55 Å². The Morgan fingerprint density at radius 1 is 1.21 bits per heavy atom. The van der Waals surface area contributed by atoms with E-state index in [0.29, 0.717) is 11.2 Å². The number of rotatable bonds is 5. The highest BCUT2D eigenvalue weighted by Gasteiger charge is 2.21. The van der Waals surface area contributed by atoms with E-state index in [1.54, 1.807) is 22.8 Å². The molecule has 0 bridgehead atoms. The molecular formula is C22H27N3O2S. The minimum absolute atomic E-state index is 0.0724. The molecule has 0 saturated carbocycles. The van der Waals surface area contributed by atoms with Gasteiger partial charge in [0.1, 0.15) is 10.7 Å². The van der Waals surface area contributed by atoms with E-state index in [9.17, 15) is 9.59 Å². The maximum absolute atomic E-state index is 13.3. The van der Waals surface area contributed by atoms with E-state index >= 15 is 0 Å². The molecule has 3 aromatic rings. The fourth-order valence-electron chi connectivity index (χ4n) is 3.41. The molecule has 1 amide bonds. The van der Waals surface area contributed by atoms with Crippen LogP contribution in [0.2, 0.25) is 0 Å². The number of primary amides is 1. The summed E-state index contributed by atoms with van der Waals surface area (Å²) in [6.07, 6.45) is 0.950. The van der Waals surface area contributed by atoms with Crippen molar-refractivity contribution in [1.29, 1.82) is 0 Å². The van der Waals surface area contributed by atoms with Crippen molar-refractivity contribution in [3.8, 4) is 11.1 Å². The zero-order valence-corrected chi connectivity index (χ0v) is 17.9. The van der Waals surface area contributed by atoms with Gasteiger partial charge in [0.2, 0.25) is 5.91 Å². The van der Waals surface area contributed by atoms with Crippen LogP contribution in [-0.2, 0) is 23.2 Å². The Balaban J connectivity index is 2.22. The third-order valence-corrected chi connectivity index (χ3v) is 6.25. The molecular weight excluding hydrogens is 370 g/mol. The quantitative estimate of drug-likeness (QED) is 0.702. The van der Waals surface area contributed by atoms with Crippen LogP contribution < -0.4 is 11.3 Å². The second-order valence-corrected chi connectivity index (χ2v) is 9.18. The minimum Gasteiger partial charge on any atom is -0.370 e. The number of thiophene rings is 1. The van der Waals surface area contributed by atoms with E-state index in [0.717, 1.165) is 27.3 Å². The van der Waals surface area contributed by atoms with Gasteiger partial charge in [0.15, 0.2) is 0 Å². The summed E-state index contributed by atoms with van der Waals surface area (Å²) in [5, 5.41) is 0.639. The van der Waals surface area contributed by atoms with E-state index in [-0.39, 0.29) is 23.9 Å². The summed E-state index contributed by atoms with van der Waals surface area (Å²) >= 11 is 1.57. The van der Waals surface area contributed by atoms with Gasteiger partial charge >= 0.3 is 0 Å². The molecule has 6 heteroatoms. The van der Waals surface area contributed by atoms with Gasteiger partial charge in [-0.25, -0.2) is 4.98 Å². The van der Waals surface area contributed by atoms with Gasteiger partial charge in [-0.15, -0.1) is 11.3 Å². The Morgan fingerprint density at radius 3 is 2.39 bits per heavy atom. The lowest BCUT2D eigenvalue weighted by Gasteiger charge is -2.19. The molecule has 0 unspecified atom stereocenters. The topological polar surface area (TPSA) is 78.0 Å². The number of carbonyl (C=O) groups excluding carboxylic acids is 1. The van der Waals surface area contributed by atoms with Crippen LogP contribution in [-0.4, -0.2) is 15.5 Å². The molecule has 0 aliphatic heterocycles. The number of aromatic nitrogens is 2. The summed E-state index contributed by atoms with van der Waals surface area (Å²) in [7, 11) is 0. The van der Waals surface area contributed by atoms with Crippen molar-refractivity contribution < 1.29 is 4.79 Å². The molecule has 2 heterocycles. The van der Waals surface area contributed by atoms with Crippen molar-refractivity contribution in [3.63, 3.8) is 0 Å². The number of benzene rings is 1. The summed E-state index contributed by atoms with van der Waals surface area (Å²) in [6.45, 7) is 10.7. The normalized spacial score (nSPS) is 11.9. The third-order valence-electron chi connectivity index (χ3n) is 5.02. The molecule has 5 nitrogen and oxygen atoms in total. The molecule has 0 aliphatic rings. The Bertz CT molecular complexity index is 1090. The molecule has 0 radical (unpaired) electrons. The summed E-state index contributed by atoms with van der Waals surface area (Å²) in [4.78, 5) is 31.0. The van der Waals surface area contributed by atoms with Gasteiger partial charge in [0, 0.05) is 23.4 Å². The molecule has 148 valence electrons. The average molecular weight is 398 g/mol. The van der Waals surface area contributed by atoms with Crippen LogP contribution in [0.1, 0.15) is 50.4 Å². The first kappa shape index (κ1) is 20.3. The number of hydrogen-bond donors (Lipinski definition) is 1. The van der Waals surface area contributed by atoms with Crippen molar-refractivity contribution in [2.75, 3.05) is 0 Å². The molecule has 0 aliphatic carbocycles. The van der Waals surface area contributed by atoms with Crippen molar-refractivity contribution in [2.45, 2.75) is 59.4 Å². The van der Waals surface area contributed by atoms with Crippen molar-refractivity contribution >= 4 is 27.5 Å². The van der Waals surface area contributed by atoms with E-state index in [1.807, 2.05) is 0 Å². The Hall–Kier alpha value is -2.47. The number of amides is 1. The van der Waals surface area contributed by atoms with Crippen LogP contribution in [0.3, 0.4) is 0 Å². The highest BCUT2D eigenvalue weighted by molar-refractivity contribution is 7.19. The Morgan fingerprint density at radius 2 is 1.86 bits per heavy atom. The number of carbonyl (C=O) groups is 1. The number of hydrogen-bond acceptors (Lipinski definition) is 4. The second kappa shape index (κ2) is 7.51. The van der Waals surface area contributed by atoms with Gasteiger partial charge in [-0.05, 0) is 29.9 Å². The fourth-order valence-corrected chi connectivity index (χ4v) is 4.58. The third kappa shape index (κ3) is 3.74. The largest absolute Gasteiger partial charge is 0.370 e. The number of nitrogens with zero attached hydrogens (tertiary/aromatic N) is 2. The van der Waals surface area contributed by atoms with Crippen LogP contribution in [0.25, 0.3) is 21.3 Å². The molecule has 0 spiro atoms. The average Bonchev–Trinajstić information content (AvgIpc) is 2.99. The lowest BCUT2D eigenvalue weighted by atomic mass is 9.86. The predicted molar refractivity (Wildman–Crippen MR) is 116 cm³/mol. The highest BCUT2D eigenvalue weighted by Crippen LogP contribution is 2.37. The fraction of sp³-hybridized carbons (Fsp3) is 0.409. The summed E-state index contributed by atoms with van der Waals surface area (Å²) < 4.78 is 1.56. The van der Waals surface area contributed by atoms with Gasteiger partial charge in [-0.3, -0.25) is 14.2 Å². The standard InChI is InChI=1S/C22H27N3O2S/c1-6-16-18(14-7-9-15(10-8-14)22(3,4)5)19-20(28-16)24-13(2)25(21(19)27)12-11-17(23)26/h7-10H,6,11-12H2,1-5H3,(H2,23,26). The maximum atomic E-state index is 13.3. The van der Waals surface area contributed by atoms with Crippen LogP contribution in [0.15, 0.2) is 29.1 Å². The van der Waals surface area contributed by atoms with Crippen LogP contribution >= 0.6 is 11.3 Å². The van der Waals surface area contributed by atoms with E-state index in [1.165, 1.54) is 5.56 Å². The monoisotopic (exact) mass is 397 g/mol. The van der Waals surface area contributed by atoms with E-state index in [4.69, 9.17) is 5.73 Å². The van der Waals surface area contributed by atoms with E-state index < -0.39 is 5.91 Å². The number of aryl methyl sites for hydroxylation is 2. The van der Waals surface area contributed by atoms with E-state index in [2.05, 4.69) is 56.9 Å². The molecule has 0 saturated heterocycles. The number of fused-ring (bicyclic) bond motifs is 1. The highest BCUT2D eigenvalue weighted by atomic mass is 32.1. The van der Waals surface area contributed by atoms with Gasteiger partial charge in [-0.1, -0.05) is 52.0 Å². The summed E-state index contributed by atoms with van der Waals surface area (Å²) in [5.41, 5.74) is 8.49. The van der Waals surface area contributed by atoms with Gasteiger partial charge < -0.3 is 5.73 Å². The molecule has 2 N–H and O–H groups in total. The molecule has 0 atom stereocenters. The van der Waals surface area contributed by atoms with Gasteiger partial charge in [0.25, 0.3) is 5.56 Å². The smallest absolute Gasteiger partial charge is 0.262 e. The maximum Gasteiger partial charge on any atom is 0.262 e. The molecule has 1 aromatic carbocycles. The Labute approximate surface area is 169 Å². The molecule has 0 fully saturated rings. The van der Waals surface area contributed by atoms with Crippen molar-refractivity contribution in [3.05, 3.63) is 50.9 Å². The zero-order valence-electron chi connectivity index (χ0n) is 17.1. The molecule has 28 heavy (non-hydrogen) atoms. The second-order valence-electron chi connectivity index (χ2n) is 8.09. The van der Waals surface area contributed by atoms with Crippen molar-refractivity contribution in [2.24, 2.45) is 5.73 Å². The first-order chi connectivity index (χ1) is 13.1. The summed E-state index contributed by atoms with van der Waals surface area (Å²) in [5.74, 6) is 0.182. The SMILES string of the molecule is CCc1sc2nc(C)n(CCC(N)=O)c(=O)c2c1-c1ccc(C(C)(C)C)cc1. The van der Waals surface area contributed by atoms with Gasteiger partial charge in [-0.2, -0.15) is 0 Å². The predicted octanol–water partition coefficient (Wildman–Crippen LogP) is 4.17. The van der Waals surface area contributed by atoms with Crippen LogP contribution in [0, 0.1) is 6.92 Å². The minimum atomic E-state index is -0.427. The molecule has 2 aromatic heterocycles. The lowest BCUT2D eigenvalue weighted by Crippen LogP contribution is -2.26.